The van der Waals surface area contributed by atoms with Gasteiger partial charge in [-0.1, -0.05) is 50.6 Å². The van der Waals surface area contributed by atoms with Crippen molar-refractivity contribution in [3.8, 4) is 0 Å². The number of carbonyl (C=O) groups is 2. The van der Waals surface area contributed by atoms with E-state index in [4.69, 9.17) is 0 Å². The van der Waals surface area contributed by atoms with Crippen LogP contribution in [0.25, 0.3) is 0 Å². The Morgan fingerprint density at radius 3 is 2.58 bits per heavy atom. The summed E-state index contributed by atoms with van der Waals surface area (Å²) >= 11 is 0. The van der Waals surface area contributed by atoms with Crippen LogP contribution in [0.15, 0.2) is 42.5 Å². The highest BCUT2D eigenvalue weighted by Gasteiger charge is 2.32. The molecule has 4 nitrogen and oxygen atoms in total. The van der Waals surface area contributed by atoms with Gasteiger partial charge in [0.25, 0.3) is 0 Å². The minimum Gasteiger partial charge on any atom is -0.326 e. The molecule has 0 aromatic heterocycles. The Balaban J connectivity index is 1.70. The molecule has 0 spiro atoms. The van der Waals surface area contributed by atoms with Crippen molar-refractivity contribution in [2.45, 2.75) is 40.5 Å². The third-order valence-corrected chi connectivity index (χ3v) is 4.59. The van der Waals surface area contributed by atoms with E-state index in [1.165, 1.54) is 0 Å². The topological polar surface area (TPSA) is 49.4 Å². The summed E-state index contributed by atoms with van der Waals surface area (Å²) in [4.78, 5) is 26.8. The van der Waals surface area contributed by atoms with Gasteiger partial charge in [-0.15, -0.1) is 0 Å². The molecule has 0 fully saturated rings. The predicted molar refractivity (Wildman–Crippen MR) is 105 cm³/mol. The maximum Gasteiger partial charge on any atom is 0.232 e. The number of nitrogens with one attached hydrogen (secondary N) is 1. The second kappa shape index (κ2) is 6.94. The first-order valence-corrected chi connectivity index (χ1v) is 9.04. The minimum atomic E-state index is -0.400. The number of nitrogens with zero attached hydrogens (tertiary/aromatic N) is 1. The number of hydrogen-bond donors (Lipinski definition) is 1. The van der Waals surface area contributed by atoms with Crippen LogP contribution in [0.3, 0.4) is 0 Å². The van der Waals surface area contributed by atoms with Gasteiger partial charge in [-0.2, -0.15) is 0 Å². The quantitative estimate of drug-likeness (QED) is 0.905. The molecule has 26 heavy (non-hydrogen) atoms. The molecule has 0 atom stereocenters. The summed E-state index contributed by atoms with van der Waals surface area (Å²) in [5.41, 5.74) is 4.61. The number of carbonyl (C=O) groups excluding carboxylic acids is 2. The van der Waals surface area contributed by atoms with Crippen molar-refractivity contribution in [1.29, 1.82) is 0 Å². The van der Waals surface area contributed by atoms with Gasteiger partial charge >= 0.3 is 0 Å². The Hall–Kier alpha value is -2.62. The van der Waals surface area contributed by atoms with Crippen LogP contribution < -0.4 is 10.2 Å². The molecular weight excluding hydrogens is 324 g/mol. The standard InChI is InChI=1S/C22H26N2O2/c1-15-6-5-7-16(12-15)13-20(25)23-18-8-9-19-17(14-18)10-11-24(19)21(26)22(2,3)4/h5-9,12,14H,10-11,13H2,1-4H3,(H,23,25). The molecular formula is C22H26N2O2. The third-order valence-electron chi connectivity index (χ3n) is 4.59. The summed E-state index contributed by atoms with van der Waals surface area (Å²) in [6, 6.07) is 13.8. The van der Waals surface area contributed by atoms with Crippen LogP contribution in [-0.4, -0.2) is 18.4 Å². The number of amides is 2. The van der Waals surface area contributed by atoms with E-state index in [1.807, 2.05) is 75.1 Å². The van der Waals surface area contributed by atoms with Crippen molar-refractivity contribution < 1.29 is 9.59 Å². The summed E-state index contributed by atoms with van der Waals surface area (Å²) in [5, 5.41) is 2.97. The van der Waals surface area contributed by atoms with Crippen molar-refractivity contribution in [1.82, 2.24) is 0 Å². The van der Waals surface area contributed by atoms with E-state index >= 15 is 0 Å². The molecule has 1 N–H and O–H groups in total. The lowest BCUT2D eigenvalue weighted by molar-refractivity contribution is -0.125. The number of aryl methyl sites for hydroxylation is 1. The van der Waals surface area contributed by atoms with E-state index in [2.05, 4.69) is 5.32 Å². The van der Waals surface area contributed by atoms with Crippen molar-refractivity contribution in [2.75, 3.05) is 16.8 Å². The van der Waals surface area contributed by atoms with E-state index in [0.29, 0.717) is 13.0 Å². The Labute approximate surface area is 155 Å². The lowest BCUT2D eigenvalue weighted by atomic mass is 9.94. The van der Waals surface area contributed by atoms with Crippen LogP contribution in [0.4, 0.5) is 11.4 Å². The highest BCUT2D eigenvalue weighted by molar-refractivity contribution is 5.99. The Kier molecular flexibility index (Phi) is 4.86. The molecule has 2 aromatic carbocycles. The zero-order chi connectivity index (χ0) is 18.9. The summed E-state index contributed by atoms with van der Waals surface area (Å²) in [6.07, 6.45) is 1.17. The Morgan fingerprint density at radius 2 is 1.88 bits per heavy atom. The number of benzene rings is 2. The number of fused-ring (bicyclic) bond motifs is 1. The van der Waals surface area contributed by atoms with Gasteiger partial charge in [0, 0.05) is 23.3 Å². The Morgan fingerprint density at radius 1 is 1.12 bits per heavy atom. The van der Waals surface area contributed by atoms with Crippen LogP contribution in [0.1, 0.15) is 37.5 Å². The van der Waals surface area contributed by atoms with Gasteiger partial charge in [-0.25, -0.2) is 0 Å². The molecule has 2 aromatic rings. The summed E-state index contributed by atoms with van der Waals surface area (Å²) in [5.74, 6) is 0.101. The molecule has 4 heteroatoms. The zero-order valence-electron chi connectivity index (χ0n) is 15.9. The molecule has 1 aliphatic heterocycles. The number of rotatable bonds is 3. The van der Waals surface area contributed by atoms with Gasteiger partial charge in [-0.05, 0) is 42.7 Å². The molecule has 0 saturated carbocycles. The van der Waals surface area contributed by atoms with E-state index < -0.39 is 5.41 Å². The Bertz CT molecular complexity index is 849. The molecule has 1 aliphatic rings. The number of anilines is 2. The highest BCUT2D eigenvalue weighted by Crippen LogP contribution is 2.33. The molecule has 0 saturated heterocycles. The maximum absolute atomic E-state index is 12.6. The average molecular weight is 350 g/mol. The molecule has 3 rings (SSSR count). The van der Waals surface area contributed by atoms with Crippen molar-refractivity contribution in [3.63, 3.8) is 0 Å². The van der Waals surface area contributed by atoms with Crippen molar-refractivity contribution >= 4 is 23.2 Å². The van der Waals surface area contributed by atoms with Crippen molar-refractivity contribution in [3.05, 3.63) is 59.2 Å². The van der Waals surface area contributed by atoms with E-state index in [9.17, 15) is 9.59 Å². The fourth-order valence-corrected chi connectivity index (χ4v) is 3.31. The summed E-state index contributed by atoms with van der Waals surface area (Å²) in [6.45, 7) is 8.53. The van der Waals surface area contributed by atoms with Crippen LogP contribution in [0, 0.1) is 12.3 Å². The van der Waals surface area contributed by atoms with E-state index in [1.54, 1.807) is 0 Å². The minimum absolute atomic E-state index is 0.0313. The van der Waals surface area contributed by atoms with Gasteiger partial charge in [0.2, 0.25) is 11.8 Å². The van der Waals surface area contributed by atoms with Gasteiger partial charge < -0.3 is 10.2 Å². The first-order valence-electron chi connectivity index (χ1n) is 9.04. The van der Waals surface area contributed by atoms with Crippen molar-refractivity contribution in [2.24, 2.45) is 5.41 Å². The normalized spacial score (nSPS) is 13.5. The van der Waals surface area contributed by atoms with Crippen LogP contribution in [0.5, 0.6) is 0 Å². The van der Waals surface area contributed by atoms with E-state index in [0.717, 1.165) is 34.5 Å². The average Bonchev–Trinajstić information content (AvgIpc) is 2.96. The first-order chi connectivity index (χ1) is 12.2. The maximum atomic E-state index is 12.6. The second-order valence-electron chi connectivity index (χ2n) is 8.01. The SMILES string of the molecule is Cc1cccc(CC(=O)Nc2ccc3c(c2)CCN3C(=O)C(C)(C)C)c1. The van der Waals surface area contributed by atoms with Gasteiger partial charge in [0.05, 0.1) is 6.42 Å². The second-order valence-corrected chi connectivity index (χ2v) is 8.01. The van der Waals surface area contributed by atoms with Gasteiger partial charge in [0.1, 0.15) is 0 Å². The lowest BCUT2D eigenvalue weighted by Crippen LogP contribution is -2.38. The summed E-state index contributed by atoms with van der Waals surface area (Å²) in [7, 11) is 0. The smallest absolute Gasteiger partial charge is 0.232 e. The predicted octanol–water partition coefficient (Wildman–Crippen LogP) is 4.11. The summed E-state index contributed by atoms with van der Waals surface area (Å²) < 4.78 is 0. The van der Waals surface area contributed by atoms with Gasteiger partial charge in [-0.3, -0.25) is 9.59 Å². The van der Waals surface area contributed by atoms with Gasteiger partial charge in [0.15, 0.2) is 0 Å². The molecule has 0 bridgehead atoms. The van der Waals surface area contributed by atoms with Crippen LogP contribution in [-0.2, 0) is 22.4 Å². The highest BCUT2D eigenvalue weighted by atomic mass is 16.2. The largest absolute Gasteiger partial charge is 0.326 e. The lowest BCUT2D eigenvalue weighted by Gasteiger charge is -2.26. The molecule has 136 valence electrons. The molecule has 0 aliphatic carbocycles. The first kappa shape index (κ1) is 18.2. The fraction of sp³-hybridized carbons (Fsp3) is 0.364. The zero-order valence-corrected chi connectivity index (χ0v) is 15.9. The number of hydrogen-bond acceptors (Lipinski definition) is 2. The molecule has 1 heterocycles. The molecule has 0 unspecified atom stereocenters. The van der Waals surface area contributed by atoms with Crippen LogP contribution >= 0.6 is 0 Å². The fourth-order valence-electron chi connectivity index (χ4n) is 3.31. The molecule has 2 amide bonds. The monoisotopic (exact) mass is 350 g/mol. The molecule has 0 radical (unpaired) electrons. The van der Waals surface area contributed by atoms with E-state index in [-0.39, 0.29) is 11.8 Å². The third kappa shape index (κ3) is 3.96. The van der Waals surface area contributed by atoms with Crippen LogP contribution in [0.2, 0.25) is 0 Å².